The number of fused-ring (bicyclic) bond motifs is 1. The number of imide groups is 1. The number of halogens is 1. The highest BCUT2D eigenvalue weighted by Crippen LogP contribution is 2.48. The maximum absolute atomic E-state index is 16.2. The molecule has 2 aromatic carbocycles. The number of piperidine rings is 2. The van der Waals surface area contributed by atoms with Crippen molar-refractivity contribution in [2.45, 2.75) is 51.2 Å². The Morgan fingerprint density at radius 3 is 2.65 bits per heavy atom. The molecule has 0 spiro atoms. The molecule has 2 aliphatic heterocycles. The van der Waals surface area contributed by atoms with Crippen LogP contribution < -0.4 is 5.32 Å². The van der Waals surface area contributed by atoms with Gasteiger partial charge in [-0.15, -0.1) is 0 Å². The van der Waals surface area contributed by atoms with E-state index in [1.807, 2.05) is 38.1 Å². The van der Waals surface area contributed by atoms with Crippen molar-refractivity contribution in [2.24, 2.45) is 5.41 Å². The number of hydrogen-bond donors (Lipinski definition) is 2. The van der Waals surface area contributed by atoms with Crippen molar-refractivity contribution in [1.29, 1.82) is 0 Å². The number of aliphatic hydroxyl groups is 1. The average Bonchev–Trinajstić information content (AvgIpc) is 3.47. The number of rotatable bonds is 5. The highest BCUT2D eigenvalue weighted by atomic mass is 19.1. The van der Waals surface area contributed by atoms with Crippen LogP contribution in [0, 0.1) is 11.2 Å². The van der Waals surface area contributed by atoms with Gasteiger partial charge in [-0.3, -0.25) is 24.8 Å². The first-order chi connectivity index (χ1) is 19.1. The summed E-state index contributed by atoms with van der Waals surface area (Å²) in [4.78, 5) is 34.7. The summed E-state index contributed by atoms with van der Waals surface area (Å²) >= 11 is 0. The Morgan fingerprint density at radius 1 is 1.15 bits per heavy atom. The van der Waals surface area contributed by atoms with E-state index in [1.165, 1.54) is 6.33 Å². The Balaban J connectivity index is 1.24. The first kappa shape index (κ1) is 26.2. The van der Waals surface area contributed by atoms with Crippen molar-refractivity contribution < 1.29 is 23.6 Å². The molecule has 206 valence electrons. The van der Waals surface area contributed by atoms with E-state index in [1.54, 1.807) is 24.4 Å². The lowest BCUT2D eigenvalue weighted by atomic mass is 9.66. The predicted molar refractivity (Wildman–Crippen MR) is 144 cm³/mol. The highest BCUT2D eigenvalue weighted by molar-refractivity contribution is 6.01. The molecule has 2 saturated heterocycles. The number of benzene rings is 2. The van der Waals surface area contributed by atoms with Crippen molar-refractivity contribution in [3.05, 3.63) is 77.5 Å². The summed E-state index contributed by atoms with van der Waals surface area (Å²) in [5.74, 6) is -1.33. The fourth-order valence-corrected chi connectivity index (χ4v) is 6.07. The average molecular weight is 544 g/mol. The topological polar surface area (TPSA) is 121 Å². The van der Waals surface area contributed by atoms with Crippen molar-refractivity contribution in [2.75, 3.05) is 13.1 Å². The molecule has 2 fully saturated rings. The lowest BCUT2D eigenvalue weighted by Crippen LogP contribution is -2.55. The van der Waals surface area contributed by atoms with Crippen molar-refractivity contribution in [1.82, 2.24) is 25.3 Å². The van der Waals surface area contributed by atoms with Gasteiger partial charge in [-0.05, 0) is 48.2 Å². The molecule has 0 aliphatic carbocycles. The molecule has 2 atom stereocenters. The van der Waals surface area contributed by atoms with Crippen molar-refractivity contribution in [3.8, 4) is 11.5 Å². The monoisotopic (exact) mass is 543 g/mol. The van der Waals surface area contributed by atoms with Crippen LogP contribution in [0.5, 0.6) is 0 Å². The minimum Gasteiger partial charge on any atom is -0.384 e. The zero-order valence-electron chi connectivity index (χ0n) is 22.4. The van der Waals surface area contributed by atoms with E-state index in [0.29, 0.717) is 49.4 Å². The quantitative estimate of drug-likeness (QED) is 0.362. The number of carbonyl (C=O) groups excluding carboxylic acids is 2. The number of aromatic nitrogens is 3. The van der Waals surface area contributed by atoms with Gasteiger partial charge in [-0.1, -0.05) is 37.2 Å². The fourth-order valence-electron chi connectivity index (χ4n) is 6.07. The van der Waals surface area contributed by atoms with Gasteiger partial charge < -0.3 is 9.63 Å². The molecule has 0 saturated carbocycles. The second-order valence-electron chi connectivity index (χ2n) is 11.4. The molecule has 1 unspecified atom stereocenters. The largest absolute Gasteiger partial charge is 0.384 e. The van der Waals surface area contributed by atoms with Gasteiger partial charge in [-0.2, -0.15) is 4.98 Å². The second-order valence-corrected chi connectivity index (χ2v) is 11.4. The molecular formula is C30H30FN5O4. The van der Waals surface area contributed by atoms with Crippen LogP contribution in [0.25, 0.3) is 22.4 Å². The zero-order valence-corrected chi connectivity index (χ0v) is 22.4. The fraction of sp³-hybridized carbons (Fsp3) is 0.367. The SMILES string of the molecule is CC1(C)CN(Cc2ccc(-c3ncno3)cc2)CC[C@]1(O)c1ccc2ncc(C3CCC(=O)NC3=O)cc2c1F. The maximum atomic E-state index is 16.2. The summed E-state index contributed by atoms with van der Waals surface area (Å²) in [6.45, 7) is 5.74. The van der Waals surface area contributed by atoms with Gasteiger partial charge in [0, 0.05) is 54.2 Å². The number of carbonyl (C=O) groups is 2. The highest BCUT2D eigenvalue weighted by Gasteiger charge is 2.50. The maximum Gasteiger partial charge on any atom is 0.257 e. The summed E-state index contributed by atoms with van der Waals surface area (Å²) in [6, 6.07) is 12.9. The summed E-state index contributed by atoms with van der Waals surface area (Å²) < 4.78 is 21.3. The number of nitrogens with zero attached hydrogens (tertiary/aromatic N) is 4. The van der Waals surface area contributed by atoms with Crippen LogP contribution in [0.15, 0.2) is 59.5 Å². The lowest BCUT2D eigenvalue weighted by Gasteiger charge is -2.50. The first-order valence-corrected chi connectivity index (χ1v) is 13.4. The predicted octanol–water partition coefficient (Wildman–Crippen LogP) is 4.06. The van der Waals surface area contributed by atoms with Gasteiger partial charge in [0.2, 0.25) is 11.8 Å². The lowest BCUT2D eigenvalue weighted by molar-refractivity contribution is -0.134. The molecule has 40 heavy (non-hydrogen) atoms. The Kier molecular flexibility index (Phi) is 6.47. The van der Waals surface area contributed by atoms with Gasteiger partial charge in [-0.25, -0.2) is 4.39 Å². The number of hydrogen-bond acceptors (Lipinski definition) is 8. The van der Waals surface area contributed by atoms with E-state index in [-0.39, 0.29) is 23.3 Å². The van der Waals surface area contributed by atoms with Gasteiger partial charge in [0.15, 0.2) is 6.33 Å². The van der Waals surface area contributed by atoms with Gasteiger partial charge >= 0.3 is 0 Å². The van der Waals surface area contributed by atoms with E-state index >= 15 is 4.39 Å². The molecule has 4 aromatic rings. The normalized spacial score (nSPS) is 23.4. The molecule has 2 N–H and O–H groups in total. The van der Waals surface area contributed by atoms with E-state index in [2.05, 4.69) is 25.3 Å². The van der Waals surface area contributed by atoms with E-state index in [9.17, 15) is 14.7 Å². The molecule has 6 rings (SSSR count). The van der Waals surface area contributed by atoms with Crippen LogP contribution in [0.2, 0.25) is 0 Å². The van der Waals surface area contributed by atoms with E-state index in [4.69, 9.17) is 4.52 Å². The zero-order chi connectivity index (χ0) is 28.1. The molecule has 4 heterocycles. The van der Waals surface area contributed by atoms with Crippen molar-refractivity contribution in [3.63, 3.8) is 0 Å². The van der Waals surface area contributed by atoms with Crippen LogP contribution in [0.4, 0.5) is 4.39 Å². The van der Waals surface area contributed by atoms with Crippen LogP contribution in [0.3, 0.4) is 0 Å². The number of pyridine rings is 1. The van der Waals surface area contributed by atoms with Gasteiger partial charge in [0.25, 0.3) is 5.89 Å². The Hall–Kier alpha value is -4.02. The minimum absolute atomic E-state index is 0.226. The summed E-state index contributed by atoms with van der Waals surface area (Å²) in [6.07, 6.45) is 3.86. The second kappa shape index (κ2) is 9.87. The third-order valence-electron chi connectivity index (χ3n) is 8.40. The third-order valence-corrected chi connectivity index (χ3v) is 8.40. The van der Waals surface area contributed by atoms with Crippen LogP contribution in [0.1, 0.15) is 55.7 Å². The molecule has 0 bridgehead atoms. The Bertz CT molecular complexity index is 1590. The number of nitrogens with one attached hydrogen (secondary N) is 1. The molecular weight excluding hydrogens is 513 g/mol. The van der Waals surface area contributed by atoms with Crippen LogP contribution >= 0.6 is 0 Å². The minimum atomic E-state index is -1.41. The molecule has 9 nitrogen and oxygen atoms in total. The van der Waals surface area contributed by atoms with Crippen LogP contribution in [-0.4, -0.2) is 50.0 Å². The molecule has 2 aromatic heterocycles. The number of amides is 2. The van der Waals surface area contributed by atoms with E-state index in [0.717, 1.165) is 11.1 Å². The Morgan fingerprint density at radius 2 is 1.95 bits per heavy atom. The summed E-state index contributed by atoms with van der Waals surface area (Å²) in [7, 11) is 0. The van der Waals surface area contributed by atoms with Gasteiger partial charge in [0.1, 0.15) is 5.82 Å². The smallest absolute Gasteiger partial charge is 0.257 e. The molecule has 10 heteroatoms. The third kappa shape index (κ3) is 4.56. The van der Waals surface area contributed by atoms with Crippen LogP contribution in [-0.2, 0) is 21.7 Å². The molecule has 2 aliphatic rings. The summed E-state index contributed by atoms with van der Waals surface area (Å²) in [5, 5.41) is 18.3. The van der Waals surface area contributed by atoms with Gasteiger partial charge in [0.05, 0.1) is 17.0 Å². The standard InChI is InChI=1S/C30H30FN5O4/c1-29(2)16-36(15-18-3-5-19(6-4-18)28-33-17-34-40-28)12-11-30(29,39)23-8-9-24-22(26(23)31)13-20(14-32-24)21-7-10-25(37)35-27(21)38/h3-6,8-9,13-14,17,21,39H,7,10-12,15-16H2,1-2H3,(H,35,37,38)/t21?,30-/m0/s1. The Labute approximate surface area is 230 Å². The summed E-state index contributed by atoms with van der Waals surface area (Å²) in [5.41, 5.74) is 1.10. The molecule has 0 radical (unpaired) electrons. The first-order valence-electron chi connectivity index (χ1n) is 13.4. The van der Waals surface area contributed by atoms with Crippen molar-refractivity contribution >= 4 is 22.7 Å². The number of likely N-dealkylation sites (tertiary alicyclic amines) is 1. The molecule has 2 amide bonds. The van der Waals surface area contributed by atoms with E-state index < -0.39 is 28.7 Å².